The summed E-state index contributed by atoms with van der Waals surface area (Å²) in [5.74, 6) is 0.208. The van der Waals surface area contributed by atoms with E-state index >= 15 is 0 Å². The molecule has 1 aromatic carbocycles. The predicted molar refractivity (Wildman–Crippen MR) is 83.0 cm³/mol. The van der Waals surface area contributed by atoms with Gasteiger partial charge in [0.1, 0.15) is 11.3 Å². The van der Waals surface area contributed by atoms with Crippen LogP contribution in [-0.2, 0) is 6.42 Å². The van der Waals surface area contributed by atoms with E-state index in [-0.39, 0.29) is 0 Å². The van der Waals surface area contributed by atoms with Crippen molar-refractivity contribution in [3.05, 3.63) is 41.2 Å². The molecule has 3 rings (SSSR count). The van der Waals surface area contributed by atoms with Crippen molar-refractivity contribution in [2.24, 2.45) is 0 Å². The van der Waals surface area contributed by atoms with Crippen molar-refractivity contribution in [2.45, 2.75) is 38.5 Å². The van der Waals surface area contributed by atoms with E-state index in [0.29, 0.717) is 17.9 Å². The van der Waals surface area contributed by atoms with Gasteiger partial charge in [0, 0.05) is 5.92 Å². The van der Waals surface area contributed by atoms with E-state index < -0.39 is 5.97 Å². The van der Waals surface area contributed by atoms with E-state index in [1.165, 1.54) is 0 Å². The molecule has 0 aliphatic heterocycles. The minimum atomic E-state index is -0.870. The summed E-state index contributed by atoms with van der Waals surface area (Å²) in [5, 5.41) is 14.3. The molecular weight excluding hydrogens is 280 g/mol. The smallest absolute Gasteiger partial charge is 0.339 e. The highest BCUT2D eigenvalue weighted by Crippen LogP contribution is 2.42. The molecule has 5 nitrogen and oxygen atoms in total. The number of carboxylic acid groups (broad SMARTS) is 1. The molecule has 0 unspecified atom stereocenters. The van der Waals surface area contributed by atoms with Crippen LogP contribution in [0.15, 0.2) is 24.3 Å². The van der Waals surface area contributed by atoms with Crippen LogP contribution in [0.25, 0.3) is 5.69 Å². The van der Waals surface area contributed by atoms with Crippen LogP contribution < -0.4 is 4.74 Å². The Morgan fingerprint density at radius 3 is 2.55 bits per heavy atom. The lowest BCUT2D eigenvalue weighted by Gasteiger charge is -2.08. The number of methoxy groups -OCH3 is 1. The summed E-state index contributed by atoms with van der Waals surface area (Å²) in [7, 11) is 1.62. The van der Waals surface area contributed by atoms with Gasteiger partial charge in [-0.3, -0.25) is 0 Å². The summed E-state index contributed by atoms with van der Waals surface area (Å²) in [6.07, 6.45) is 3.65. The van der Waals surface area contributed by atoms with Crippen molar-refractivity contribution >= 4 is 5.97 Å². The fourth-order valence-corrected chi connectivity index (χ4v) is 2.75. The monoisotopic (exact) mass is 300 g/mol. The number of rotatable bonds is 6. The third-order valence-electron chi connectivity index (χ3n) is 3.99. The highest BCUT2D eigenvalue weighted by atomic mass is 16.5. The predicted octanol–water partition coefficient (Wildman–Crippen LogP) is 3.41. The number of carboxylic acids is 1. The number of aromatic carboxylic acids is 1. The van der Waals surface area contributed by atoms with Crippen molar-refractivity contribution in [1.29, 1.82) is 0 Å². The van der Waals surface area contributed by atoms with E-state index in [1.54, 1.807) is 11.8 Å². The molecule has 1 saturated carbocycles. The Balaban J connectivity index is 2.12. The lowest BCUT2D eigenvalue weighted by Crippen LogP contribution is -2.07. The maximum absolute atomic E-state index is 11.7. The van der Waals surface area contributed by atoms with Crippen LogP contribution in [0, 0.1) is 0 Å². The van der Waals surface area contributed by atoms with Gasteiger partial charge in [-0.05, 0) is 43.5 Å². The molecule has 0 spiro atoms. The molecule has 1 aromatic heterocycles. The SMILES string of the molecule is CCCc1c(C(=O)O)c(C2CC2)nn1-c1ccc(OC)cc1. The van der Waals surface area contributed by atoms with Crippen molar-refractivity contribution in [3.8, 4) is 11.4 Å². The Kier molecular flexibility index (Phi) is 3.88. The van der Waals surface area contributed by atoms with Crippen molar-refractivity contribution < 1.29 is 14.6 Å². The molecule has 5 heteroatoms. The average Bonchev–Trinajstić information content (AvgIpc) is 3.29. The van der Waals surface area contributed by atoms with Gasteiger partial charge >= 0.3 is 5.97 Å². The summed E-state index contributed by atoms with van der Waals surface area (Å²) in [5.41, 5.74) is 2.81. The Hall–Kier alpha value is -2.30. The average molecular weight is 300 g/mol. The van der Waals surface area contributed by atoms with E-state index in [2.05, 4.69) is 5.10 Å². The van der Waals surface area contributed by atoms with Crippen LogP contribution in [-0.4, -0.2) is 28.0 Å². The van der Waals surface area contributed by atoms with Crippen molar-refractivity contribution in [2.75, 3.05) is 7.11 Å². The van der Waals surface area contributed by atoms with Crippen LogP contribution in [0.5, 0.6) is 5.75 Å². The van der Waals surface area contributed by atoms with Gasteiger partial charge in [0.2, 0.25) is 0 Å². The Morgan fingerprint density at radius 1 is 1.36 bits per heavy atom. The summed E-state index contributed by atoms with van der Waals surface area (Å²) in [6, 6.07) is 7.55. The van der Waals surface area contributed by atoms with Crippen LogP contribution in [0.4, 0.5) is 0 Å². The molecule has 0 amide bonds. The third kappa shape index (κ3) is 2.58. The number of ether oxygens (including phenoxy) is 1. The zero-order valence-corrected chi connectivity index (χ0v) is 12.9. The first-order valence-corrected chi connectivity index (χ1v) is 7.65. The van der Waals surface area contributed by atoms with Gasteiger partial charge < -0.3 is 9.84 Å². The van der Waals surface area contributed by atoms with Gasteiger partial charge in [0.25, 0.3) is 0 Å². The molecule has 0 bridgehead atoms. The highest BCUT2D eigenvalue weighted by molar-refractivity contribution is 5.91. The maximum atomic E-state index is 11.7. The van der Waals surface area contributed by atoms with Gasteiger partial charge in [-0.2, -0.15) is 5.10 Å². The summed E-state index contributed by atoms with van der Waals surface area (Å²) >= 11 is 0. The molecule has 0 radical (unpaired) electrons. The molecule has 2 aromatic rings. The van der Waals surface area contributed by atoms with Crippen LogP contribution in [0.2, 0.25) is 0 Å². The molecule has 0 saturated heterocycles. The minimum absolute atomic E-state index is 0.307. The van der Waals surface area contributed by atoms with E-state index in [1.807, 2.05) is 31.2 Å². The van der Waals surface area contributed by atoms with Gasteiger partial charge in [0.15, 0.2) is 0 Å². The van der Waals surface area contributed by atoms with E-state index in [4.69, 9.17) is 4.74 Å². The zero-order chi connectivity index (χ0) is 15.7. The second-order valence-corrected chi connectivity index (χ2v) is 5.65. The number of aromatic nitrogens is 2. The second-order valence-electron chi connectivity index (χ2n) is 5.65. The largest absolute Gasteiger partial charge is 0.497 e. The Labute approximate surface area is 129 Å². The highest BCUT2D eigenvalue weighted by Gasteiger charge is 2.34. The summed E-state index contributed by atoms with van der Waals surface area (Å²) in [6.45, 7) is 2.05. The van der Waals surface area contributed by atoms with Gasteiger partial charge in [-0.1, -0.05) is 13.3 Å². The molecule has 0 atom stereocenters. The van der Waals surface area contributed by atoms with Crippen molar-refractivity contribution in [1.82, 2.24) is 9.78 Å². The lowest BCUT2D eigenvalue weighted by atomic mass is 10.1. The standard InChI is InChI=1S/C17H20N2O3/c1-3-4-14-15(17(20)21)16(11-5-6-11)18-19(14)12-7-9-13(22-2)10-8-12/h7-11H,3-6H2,1-2H3,(H,20,21). The normalized spacial score (nSPS) is 14.1. The molecule has 1 heterocycles. The van der Waals surface area contributed by atoms with Gasteiger partial charge in [0.05, 0.1) is 24.2 Å². The lowest BCUT2D eigenvalue weighted by molar-refractivity contribution is 0.0694. The number of carbonyl (C=O) groups is 1. The van der Waals surface area contributed by atoms with Crippen LogP contribution in [0.3, 0.4) is 0 Å². The first-order valence-electron chi connectivity index (χ1n) is 7.65. The molecule has 22 heavy (non-hydrogen) atoms. The quantitative estimate of drug-likeness (QED) is 0.888. The second kappa shape index (κ2) is 5.83. The first kappa shape index (κ1) is 14.6. The number of hydrogen-bond donors (Lipinski definition) is 1. The fraction of sp³-hybridized carbons (Fsp3) is 0.412. The minimum Gasteiger partial charge on any atom is -0.497 e. The number of hydrogen-bond acceptors (Lipinski definition) is 3. The van der Waals surface area contributed by atoms with E-state index in [9.17, 15) is 9.90 Å². The molecule has 1 aliphatic rings. The molecule has 1 N–H and O–H groups in total. The van der Waals surface area contributed by atoms with Crippen LogP contribution in [0.1, 0.15) is 53.8 Å². The topological polar surface area (TPSA) is 64.3 Å². The molecule has 1 aliphatic carbocycles. The maximum Gasteiger partial charge on any atom is 0.339 e. The first-order chi connectivity index (χ1) is 10.7. The molecular formula is C17H20N2O3. The molecule has 116 valence electrons. The van der Waals surface area contributed by atoms with E-state index in [0.717, 1.165) is 42.1 Å². The Morgan fingerprint density at radius 2 is 2.05 bits per heavy atom. The fourth-order valence-electron chi connectivity index (χ4n) is 2.75. The van der Waals surface area contributed by atoms with Crippen LogP contribution >= 0.6 is 0 Å². The number of benzene rings is 1. The Bertz CT molecular complexity index is 685. The third-order valence-corrected chi connectivity index (χ3v) is 3.99. The van der Waals surface area contributed by atoms with Crippen molar-refractivity contribution in [3.63, 3.8) is 0 Å². The molecule has 1 fully saturated rings. The summed E-state index contributed by atoms with van der Waals surface area (Å²) < 4.78 is 6.97. The summed E-state index contributed by atoms with van der Waals surface area (Å²) in [4.78, 5) is 11.7. The zero-order valence-electron chi connectivity index (χ0n) is 12.9. The number of nitrogens with zero attached hydrogens (tertiary/aromatic N) is 2. The van der Waals surface area contributed by atoms with Gasteiger partial charge in [-0.25, -0.2) is 9.48 Å². The van der Waals surface area contributed by atoms with Gasteiger partial charge in [-0.15, -0.1) is 0 Å².